The zero-order valence-electron chi connectivity index (χ0n) is 8.89. The van der Waals surface area contributed by atoms with Crippen LogP contribution in [0.1, 0.15) is 0 Å². The Morgan fingerprint density at radius 3 is 1.24 bits per heavy atom. The van der Waals surface area contributed by atoms with E-state index in [9.17, 15) is 12.9 Å². The lowest BCUT2D eigenvalue weighted by Gasteiger charge is -2.03. The van der Waals surface area contributed by atoms with Crippen molar-refractivity contribution in [2.45, 2.75) is 0 Å². The first-order valence-electron chi connectivity index (χ1n) is 4.88. The third kappa shape index (κ3) is 6.30. The zero-order chi connectivity index (χ0) is 12.5. The summed E-state index contributed by atoms with van der Waals surface area (Å²) in [5, 5.41) is 0. The summed E-state index contributed by atoms with van der Waals surface area (Å²) >= 11 is 0. The average Bonchev–Trinajstić information content (AvgIpc) is 2.31. The highest BCUT2D eigenvalue weighted by Crippen LogP contribution is 2.19. The summed E-state index contributed by atoms with van der Waals surface area (Å²) in [6, 6.07) is 19.5. The van der Waals surface area contributed by atoms with Gasteiger partial charge in [-0.2, -0.15) is 0 Å². The summed E-state index contributed by atoms with van der Waals surface area (Å²) in [5.41, 5.74) is 0. The number of hydrogen-bond acceptors (Lipinski definition) is 1. The van der Waals surface area contributed by atoms with Crippen molar-refractivity contribution < 1.29 is 17.7 Å². The Hall–Kier alpha value is -1.91. The van der Waals surface area contributed by atoms with Crippen LogP contribution in [0, 0.1) is 0 Å². The third-order valence-corrected chi connectivity index (χ3v) is 1.72. The summed E-state index contributed by atoms with van der Waals surface area (Å²) in [6.07, 6.45) is 0. The quantitative estimate of drug-likeness (QED) is 0.706. The van der Waals surface area contributed by atoms with Gasteiger partial charge in [0.05, 0.1) is 0 Å². The Balaban J connectivity index is 0.000000317. The fraction of sp³-hybridized carbons (Fsp3) is 0. The van der Waals surface area contributed by atoms with Crippen molar-refractivity contribution in [3.05, 3.63) is 60.7 Å². The molecule has 0 saturated heterocycles. The van der Waals surface area contributed by atoms with Gasteiger partial charge in [-0.1, -0.05) is 36.4 Å². The van der Waals surface area contributed by atoms with Gasteiger partial charge in [0.25, 0.3) is 0 Å². The van der Waals surface area contributed by atoms with Crippen LogP contribution in [-0.2, 0) is 0 Å². The lowest BCUT2D eigenvalue weighted by molar-refractivity contribution is 0.482. The van der Waals surface area contributed by atoms with Gasteiger partial charge in [0.1, 0.15) is 11.5 Å². The Kier molecular flexibility index (Phi) is 5.71. The maximum absolute atomic E-state index is 9.67. The van der Waals surface area contributed by atoms with Gasteiger partial charge in [-0.3, -0.25) is 12.9 Å². The van der Waals surface area contributed by atoms with Crippen LogP contribution in [0.3, 0.4) is 0 Å². The molecule has 2 rings (SSSR count). The topological polar surface area (TPSA) is 9.23 Å². The standard InChI is InChI=1S/C12H10O.BF3/c1-3-7-11(8-4-1)13-12-9-5-2-6-10-12;2-1(3)4/h1-10H;. The molecule has 2 aromatic carbocycles. The number of ether oxygens (including phenoxy) is 1. The number of para-hydroxylation sites is 2. The van der Waals surface area contributed by atoms with Crippen LogP contribution < -0.4 is 4.74 Å². The zero-order valence-corrected chi connectivity index (χ0v) is 8.89. The maximum atomic E-state index is 9.67. The molecule has 0 fully saturated rings. The number of rotatable bonds is 2. The second kappa shape index (κ2) is 7.38. The van der Waals surface area contributed by atoms with E-state index in [0.29, 0.717) is 0 Å². The van der Waals surface area contributed by atoms with Gasteiger partial charge in [0.15, 0.2) is 0 Å². The van der Waals surface area contributed by atoms with Crippen LogP contribution in [0.2, 0.25) is 0 Å². The molecule has 0 radical (unpaired) electrons. The number of hydrogen-bond donors (Lipinski definition) is 0. The molecule has 0 aromatic heterocycles. The minimum atomic E-state index is -3.67. The van der Waals surface area contributed by atoms with Gasteiger partial charge in [0, 0.05) is 0 Å². The molecule has 0 aliphatic rings. The summed E-state index contributed by atoms with van der Waals surface area (Å²) in [7, 11) is -3.67. The van der Waals surface area contributed by atoms with Crippen LogP contribution >= 0.6 is 0 Å². The molecule has 5 heteroatoms. The molecule has 0 spiro atoms. The molecule has 0 saturated carbocycles. The van der Waals surface area contributed by atoms with Gasteiger partial charge < -0.3 is 4.74 Å². The summed E-state index contributed by atoms with van der Waals surface area (Å²) in [5.74, 6) is 1.74. The van der Waals surface area contributed by atoms with Gasteiger partial charge in [-0.25, -0.2) is 0 Å². The molecule has 2 aromatic rings. The van der Waals surface area contributed by atoms with Crippen molar-refractivity contribution in [3.63, 3.8) is 0 Å². The van der Waals surface area contributed by atoms with Crippen molar-refractivity contribution in [2.24, 2.45) is 0 Å². The molecular weight excluding hydrogens is 228 g/mol. The fourth-order valence-corrected chi connectivity index (χ4v) is 1.11. The van der Waals surface area contributed by atoms with E-state index in [4.69, 9.17) is 4.74 Å². The first-order valence-corrected chi connectivity index (χ1v) is 4.88. The Bertz CT molecular complexity index is 368. The first-order chi connectivity index (χ1) is 8.18. The molecule has 0 amide bonds. The third-order valence-electron chi connectivity index (χ3n) is 1.72. The molecule has 88 valence electrons. The van der Waals surface area contributed by atoms with E-state index >= 15 is 0 Å². The Labute approximate surface area is 98.1 Å². The molecule has 1 nitrogen and oxygen atoms in total. The molecule has 0 N–H and O–H groups in total. The maximum Gasteiger partial charge on any atom is 0.762 e. The van der Waals surface area contributed by atoms with E-state index in [0.717, 1.165) is 11.5 Å². The van der Waals surface area contributed by atoms with Crippen molar-refractivity contribution in [2.75, 3.05) is 0 Å². The second-order valence-corrected chi connectivity index (χ2v) is 2.98. The lowest BCUT2D eigenvalue weighted by atomic mass is 10.3. The largest absolute Gasteiger partial charge is 0.762 e. The predicted octanol–water partition coefficient (Wildman–Crippen LogP) is 4.36. The smallest absolute Gasteiger partial charge is 0.457 e. The normalized spacial score (nSPS) is 8.88. The monoisotopic (exact) mass is 238 g/mol. The van der Waals surface area contributed by atoms with E-state index in [-0.39, 0.29) is 0 Å². The molecule has 0 heterocycles. The van der Waals surface area contributed by atoms with Crippen molar-refractivity contribution in [3.8, 4) is 11.5 Å². The van der Waals surface area contributed by atoms with E-state index in [2.05, 4.69) is 0 Å². The van der Waals surface area contributed by atoms with Crippen LogP contribution in [-0.4, -0.2) is 7.54 Å². The van der Waals surface area contributed by atoms with Crippen LogP contribution in [0.25, 0.3) is 0 Å². The second-order valence-electron chi connectivity index (χ2n) is 2.98. The lowest BCUT2D eigenvalue weighted by Crippen LogP contribution is -1.81. The molecule has 0 unspecified atom stereocenters. The van der Waals surface area contributed by atoms with Gasteiger partial charge in [-0.05, 0) is 24.3 Å². The minimum Gasteiger partial charge on any atom is -0.457 e. The van der Waals surface area contributed by atoms with Crippen molar-refractivity contribution >= 4 is 7.54 Å². The average molecular weight is 238 g/mol. The van der Waals surface area contributed by atoms with Crippen molar-refractivity contribution in [1.29, 1.82) is 0 Å². The summed E-state index contributed by atoms with van der Waals surface area (Å²) in [6.45, 7) is 0. The van der Waals surface area contributed by atoms with Crippen LogP contribution in [0.4, 0.5) is 12.9 Å². The Morgan fingerprint density at radius 2 is 0.941 bits per heavy atom. The van der Waals surface area contributed by atoms with Crippen molar-refractivity contribution in [1.82, 2.24) is 0 Å². The van der Waals surface area contributed by atoms with Crippen LogP contribution in [0.5, 0.6) is 11.5 Å². The molecule has 17 heavy (non-hydrogen) atoms. The minimum absolute atomic E-state index is 0.869. The van der Waals surface area contributed by atoms with Gasteiger partial charge in [0.2, 0.25) is 0 Å². The van der Waals surface area contributed by atoms with E-state index in [1.54, 1.807) is 0 Å². The number of halogens is 3. The molecule has 0 aliphatic heterocycles. The van der Waals surface area contributed by atoms with E-state index in [1.165, 1.54) is 0 Å². The fourth-order valence-electron chi connectivity index (χ4n) is 1.11. The SMILES string of the molecule is FB(F)F.c1ccc(Oc2ccccc2)cc1. The highest BCUT2D eigenvalue weighted by Gasteiger charge is 2.06. The highest BCUT2D eigenvalue weighted by molar-refractivity contribution is 6.33. The highest BCUT2D eigenvalue weighted by atomic mass is 19.4. The van der Waals surface area contributed by atoms with E-state index < -0.39 is 7.54 Å². The summed E-state index contributed by atoms with van der Waals surface area (Å²) in [4.78, 5) is 0. The predicted molar refractivity (Wildman–Crippen MR) is 62.0 cm³/mol. The molecule has 0 aliphatic carbocycles. The van der Waals surface area contributed by atoms with E-state index in [1.807, 2.05) is 60.7 Å². The van der Waals surface area contributed by atoms with Crippen LogP contribution in [0.15, 0.2) is 60.7 Å². The summed E-state index contributed by atoms with van der Waals surface area (Å²) < 4.78 is 34.6. The molecule has 0 atom stereocenters. The number of benzene rings is 2. The van der Waals surface area contributed by atoms with Gasteiger partial charge >= 0.3 is 7.54 Å². The first kappa shape index (κ1) is 13.2. The van der Waals surface area contributed by atoms with Gasteiger partial charge in [-0.15, -0.1) is 0 Å². The Morgan fingerprint density at radius 1 is 0.647 bits per heavy atom. The molecule has 0 bridgehead atoms. The molecular formula is C12H10BF3O.